The van der Waals surface area contributed by atoms with Gasteiger partial charge in [-0.1, -0.05) is 12.1 Å². The molecule has 2 aromatic rings. The van der Waals surface area contributed by atoms with E-state index in [1.54, 1.807) is 0 Å². The van der Waals surface area contributed by atoms with Crippen LogP contribution in [0.1, 0.15) is 23.7 Å². The van der Waals surface area contributed by atoms with Crippen LogP contribution in [0.4, 0.5) is 0 Å². The molecule has 128 valence electrons. The average molecular weight is 329 g/mol. The van der Waals surface area contributed by atoms with Crippen LogP contribution in [0.5, 0.6) is 5.75 Å². The Bertz CT molecular complexity index is 679. The number of benzene rings is 1. The van der Waals surface area contributed by atoms with Crippen molar-refractivity contribution in [2.24, 2.45) is 0 Å². The fourth-order valence-electron chi connectivity index (χ4n) is 2.82. The molecule has 0 bridgehead atoms. The second-order valence-corrected chi connectivity index (χ2v) is 5.75. The summed E-state index contributed by atoms with van der Waals surface area (Å²) < 4.78 is 12.8. The van der Waals surface area contributed by atoms with Crippen LogP contribution >= 0.6 is 0 Å². The third-order valence-electron chi connectivity index (χ3n) is 4.02. The van der Waals surface area contributed by atoms with Crippen LogP contribution in [-0.4, -0.2) is 35.4 Å². The molecule has 0 atom stereocenters. The van der Waals surface area contributed by atoms with Gasteiger partial charge in [0, 0.05) is 24.2 Å². The van der Waals surface area contributed by atoms with Gasteiger partial charge in [0.1, 0.15) is 5.75 Å². The van der Waals surface area contributed by atoms with Gasteiger partial charge in [-0.2, -0.15) is 5.10 Å². The van der Waals surface area contributed by atoms with Gasteiger partial charge in [-0.15, -0.1) is 0 Å². The summed E-state index contributed by atoms with van der Waals surface area (Å²) in [4.78, 5) is 12.0. The molecule has 1 N–H and O–H groups in total. The number of hydrogen-bond donors (Lipinski definition) is 1. The third-order valence-corrected chi connectivity index (χ3v) is 4.02. The monoisotopic (exact) mass is 329 g/mol. The van der Waals surface area contributed by atoms with Gasteiger partial charge >= 0.3 is 0 Å². The zero-order valence-electron chi connectivity index (χ0n) is 14.0. The van der Waals surface area contributed by atoms with Gasteiger partial charge in [0.2, 0.25) is 5.91 Å². The lowest BCUT2D eigenvalue weighted by molar-refractivity contribution is -0.120. The van der Waals surface area contributed by atoms with Crippen molar-refractivity contribution in [3.63, 3.8) is 0 Å². The van der Waals surface area contributed by atoms with Crippen LogP contribution in [-0.2, 0) is 35.5 Å². The summed E-state index contributed by atoms with van der Waals surface area (Å²) in [5.74, 6) is 0.845. The van der Waals surface area contributed by atoms with Gasteiger partial charge in [0.05, 0.1) is 39.0 Å². The van der Waals surface area contributed by atoms with Crippen LogP contribution < -0.4 is 10.1 Å². The molecule has 1 aromatic carbocycles. The first-order valence-electron chi connectivity index (χ1n) is 8.36. The molecule has 6 nitrogen and oxygen atoms in total. The number of hydrogen-bond acceptors (Lipinski definition) is 4. The molecule has 0 saturated carbocycles. The maximum absolute atomic E-state index is 12.0. The summed E-state index contributed by atoms with van der Waals surface area (Å²) in [6, 6.07) is 7.64. The quantitative estimate of drug-likeness (QED) is 0.840. The molecule has 1 aliphatic heterocycles. The number of fused-ring (bicyclic) bond motifs is 1. The molecular formula is C18H23N3O3. The molecule has 3 rings (SSSR count). The Morgan fingerprint density at radius 3 is 3.00 bits per heavy atom. The highest BCUT2D eigenvalue weighted by atomic mass is 16.5. The molecule has 1 aliphatic rings. The van der Waals surface area contributed by atoms with Gasteiger partial charge in [-0.3, -0.25) is 9.48 Å². The summed E-state index contributed by atoms with van der Waals surface area (Å²) in [7, 11) is 0. The van der Waals surface area contributed by atoms with Crippen molar-refractivity contribution >= 4 is 5.91 Å². The maximum Gasteiger partial charge on any atom is 0.224 e. The Labute approximate surface area is 141 Å². The van der Waals surface area contributed by atoms with Crippen molar-refractivity contribution in [3.8, 4) is 5.75 Å². The third kappa shape index (κ3) is 4.14. The van der Waals surface area contributed by atoms with E-state index in [-0.39, 0.29) is 5.91 Å². The predicted octanol–water partition coefficient (Wildman–Crippen LogP) is 1.71. The number of ether oxygens (including phenoxy) is 2. The lowest BCUT2D eigenvalue weighted by Gasteiger charge is -2.14. The molecule has 0 unspecified atom stereocenters. The second kappa shape index (κ2) is 7.97. The Kier molecular flexibility index (Phi) is 5.48. The number of carbonyl (C=O) groups excluding carboxylic acids is 1. The first-order valence-corrected chi connectivity index (χ1v) is 8.36. The Morgan fingerprint density at radius 1 is 1.38 bits per heavy atom. The van der Waals surface area contributed by atoms with Crippen molar-refractivity contribution in [1.29, 1.82) is 0 Å². The highest BCUT2D eigenvalue weighted by molar-refractivity contribution is 5.78. The second-order valence-electron chi connectivity index (χ2n) is 5.75. The van der Waals surface area contributed by atoms with E-state index in [9.17, 15) is 4.79 Å². The zero-order valence-corrected chi connectivity index (χ0v) is 14.0. The van der Waals surface area contributed by atoms with Crippen molar-refractivity contribution in [3.05, 3.63) is 47.3 Å². The van der Waals surface area contributed by atoms with E-state index in [0.717, 1.165) is 29.9 Å². The molecule has 0 saturated heterocycles. The van der Waals surface area contributed by atoms with Crippen molar-refractivity contribution in [2.45, 2.75) is 32.9 Å². The van der Waals surface area contributed by atoms with E-state index in [4.69, 9.17) is 9.47 Å². The standard InChI is InChI=1S/C18H23N3O3/c1-2-24-16-5-3-14(4-6-16)11-18(22)19-8-9-21-17-7-10-23-13-15(17)12-20-21/h3-6,12H,2,7-11,13H2,1H3,(H,19,22). The normalized spacial score (nSPS) is 13.4. The smallest absolute Gasteiger partial charge is 0.224 e. The zero-order chi connectivity index (χ0) is 16.8. The lowest BCUT2D eigenvalue weighted by Crippen LogP contribution is -2.29. The van der Waals surface area contributed by atoms with E-state index in [1.165, 1.54) is 5.69 Å². The van der Waals surface area contributed by atoms with Crippen molar-refractivity contribution < 1.29 is 14.3 Å². The number of rotatable bonds is 7. The number of carbonyl (C=O) groups is 1. The summed E-state index contributed by atoms with van der Waals surface area (Å²) in [5, 5.41) is 7.33. The average Bonchev–Trinajstić information content (AvgIpc) is 3.00. The van der Waals surface area contributed by atoms with Crippen LogP contribution in [0, 0.1) is 0 Å². The van der Waals surface area contributed by atoms with Crippen molar-refractivity contribution in [1.82, 2.24) is 15.1 Å². The molecule has 2 heterocycles. The van der Waals surface area contributed by atoms with Crippen molar-refractivity contribution in [2.75, 3.05) is 19.8 Å². The van der Waals surface area contributed by atoms with E-state index in [2.05, 4.69) is 10.4 Å². The van der Waals surface area contributed by atoms with Crippen LogP contribution in [0.15, 0.2) is 30.5 Å². The van der Waals surface area contributed by atoms with E-state index in [1.807, 2.05) is 42.1 Å². The summed E-state index contributed by atoms with van der Waals surface area (Å²) >= 11 is 0. The minimum atomic E-state index is 0.0171. The highest BCUT2D eigenvalue weighted by Crippen LogP contribution is 2.15. The van der Waals surface area contributed by atoms with Gasteiger partial charge in [-0.05, 0) is 24.6 Å². The SMILES string of the molecule is CCOc1ccc(CC(=O)NCCn2ncc3c2CCOC3)cc1. The van der Waals surface area contributed by atoms with Crippen LogP contribution in [0.2, 0.25) is 0 Å². The summed E-state index contributed by atoms with van der Waals surface area (Å²) in [5.41, 5.74) is 3.36. The number of nitrogens with zero attached hydrogens (tertiary/aromatic N) is 2. The number of amides is 1. The fourth-order valence-corrected chi connectivity index (χ4v) is 2.82. The van der Waals surface area contributed by atoms with Crippen LogP contribution in [0.25, 0.3) is 0 Å². The molecule has 0 spiro atoms. The van der Waals surface area contributed by atoms with E-state index in [0.29, 0.717) is 32.7 Å². The van der Waals surface area contributed by atoms with Crippen LogP contribution in [0.3, 0.4) is 0 Å². The minimum Gasteiger partial charge on any atom is -0.494 e. The largest absolute Gasteiger partial charge is 0.494 e. The predicted molar refractivity (Wildman–Crippen MR) is 89.9 cm³/mol. The summed E-state index contributed by atoms with van der Waals surface area (Å²) in [6.45, 7) is 5.23. The van der Waals surface area contributed by atoms with Gasteiger partial charge in [0.15, 0.2) is 0 Å². The maximum atomic E-state index is 12.0. The first kappa shape index (κ1) is 16.5. The number of nitrogens with one attached hydrogen (secondary N) is 1. The molecular weight excluding hydrogens is 306 g/mol. The first-order chi connectivity index (χ1) is 11.8. The van der Waals surface area contributed by atoms with E-state index < -0.39 is 0 Å². The molecule has 1 aromatic heterocycles. The highest BCUT2D eigenvalue weighted by Gasteiger charge is 2.15. The molecule has 6 heteroatoms. The molecule has 24 heavy (non-hydrogen) atoms. The molecule has 0 aliphatic carbocycles. The Morgan fingerprint density at radius 2 is 2.21 bits per heavy atom. The van der Waals surface area contributed by atoms with Gasteiger partial charge in [-0.25, -0.2) is 0 Å². The Balaban J connectivity index is 1.45. The topological polar surface area (TPSA) is 65.4 Å². The Hall–Kier alpha value is -2.34. The van der Waals surface area contributed by atoms with Gasteiger partial charge < -0.3 is 14.8 Å². The lowest BCUT2D eigenvalue weighted by atomic mass is 10.1. The minimum absolute atomic E-state index is 0.0171. The fraction of sp³-hybridized carbons (Fsp3) is 0.444. The molecule has 1 amide bonds. The summed E-state index contributed by atoms with van der Waals surface area (Å²) in [6.07, 6.45) is 3.11. The van der Waals surface area contributed by atoms with Gasteiger partial charge in [0.25, 0.3) is 0 Å². The molecule has 0 radical (unpaired) electrons. The number of aromatic nitrogens is 2. The van der Waals surface area contributed by atoms with E-state index >= 15 is 0 Å². The molecule has 0 fully saturated rings.